The van der Waals surface area contributed by atoms with Gasteiger partial charge in [0, 0.05) is 72.1 Å². The fraction of sp³-hybridized carbons (Fsp3) is 0. The molecule has 4 heteroatoms. The minimum absolute atomic E-state index is 1.09. The summed E-state index contributed by atoms with van der Waals surface area (Å²) in [5, 5.41) is 12.2. The van der Waals surface area contributed by atoms with E-state index >= 15 is 0 Å². The lowest BCUT2D eigenvalue weighted by atomic mass is 9.98. The van der Waals surface area contributed by atoms with Crippen molar-refractivity contribution in [3.8, 4) is 50.2 Å². The van der Waals surface area contributed by atoms with E-state index in [4.69, 9.17) is 0 Å². The van der Waals surface area contributed by atoms with Gasteiger partial charge in [0.25, 0.3) is 0 Å². The normalized spacial score (nSPS) is 11.8. The van der Waals surface area contributed by atoms with Crippen LogP contribution in [0.3, 0.4) is 0 Å². The summed E-state index contributed by atoms with van der Waals surface area (Å²) in [4.78, 5) is 4.80. The molecule has 3 aromatic heterocycles. The number of benzene rings is 15. The van der Waals surface area contributed by atoms with E-state index in [0.717, 1.165) is 39.8 Å². The van der Waals surface area contributed by atoms with Gasteiger partial charge in [-0.2, -0.15) is 0 Å². The van der Waals surface area contributed by atoms with Crippen LogP contribution in [0.5, 0.6) is 0 Å². The Kier molecular flexibility index (Phi) is 11.9. The Morgan fingerprint density at radius 1 is 0.200 bits per heavy atom. The molecule has 0 radical (unpaired) electrons. The highest BCUT2D eigenvalue weighted by Gasteiger charge is 2.26. The van der Waals surface area contributed by atoms with Gasteiger partial charge in [-0.25, -0.2) is 0 Å². The second-order valence-corrected chi connectivity index (χ2v) is 23.7. The molecule has 0 aliphatic rings. The van der Waals surface area contributed by atoms with Crippen LogP contribution in [0, 0.1) is 0 Å². The molecule has 0 saturated carbocycles. The maximum atomic E-state index is 2.58. The molecule has 0 atom stereocenters. The van der Waals surface area contributed by atoms with E-state index in [0.29, 0.717) is 0 Å². The molecule has 420 valence electrons. The number of rotatable bonds is 11. The van der Waals surface area contributed by atoms with Crippen LogP contribution in [-0.2, 0) is 0 Å². The van der Waals surface area contributed by atoms with Crippen molar-refractivity contribution in [2.45, 2.75) is 0 Å². The molecule has 0 spiro atoms. The van der Waals surface area contributed by atoms with Gasteiger partial charge in [0.1, 0.15) is 0 Å². The summed E-state index contributed by atoms with van der Waals surface area (Å²) in [7, 11) is 0. The summed E-state index contributed by atoms with van der Waals surface area (Å²) in [5.74, 6) is 0. The molecule has 0 N–H and O–H groups in total. The van der Waals surface area contributed by atoms with Crippen molar-refractivity contribution in [1.82, 2.24) is 8.97 Å². The molecule has 3 heterocycles. The third kappa shape index (κ3) is 8.45. The maximum absolute atomic E-state index is 2.58. The molecule has 0 amide bonds. The van der Waals surface area contributed by atoms with Gasteiger partial charge in [0.2, 0.25) is 0 Å². The van der Waals surface area contributed by atoms with Gasteiger partial charge >= 0.3 is 0 Å². The van der Waals surface area contributed by atoms with Crippen molar-refractivity contribution in [2.75, 3.05) is 9.80 Å². The number of aromatic nitrogens is 2. The van der Waals surface area contributed by atoms with Crippen molar-refractivity contribution >= 4 is 116 Å². The first-order valence-corrected chi connectivity index (χ1v) is 31.0. The Balaban J connectivity index is 0.842. The Morgan fingerprint density at radius 3 is 0.989 bits per heavy atom. The van der Waals surface area contributed by atoms with Gasteiger partial charge in [0.05, 0.1) is 27.6 Å². The van der Waals surface area contributed by atoms with E-state index in [1.165, 1.54) is 126 Å². The van der Waals surface area contributed by atoms with Gasteiger partial charge in [0.15, 0.2) is 0 Å². The quantitative estimate of drug-likeness (QED) is 0.128. The standard InChI is InChI=1S/C86H56N4/c1-6-18-57(19-7-1)61-30-40-70(41-31-61)87(71-42-32-62(33-43-71)58-20-8-2-9-21-58)74-48-38-65-54-81-77(52-67(65)50-74)78-56-83-84(76-28-16-17-29-80(76)89(83)69-26-14-5-15-27-69)85-79-53-68-51-75(49-39-66(68)55-82(79)90(81)86(78)85)88(72-44-34-63(35-45-72)59-22-10-3-11-23-59)73-46-36-64(37-47-73)60-24-12-4-13-25-60/h1-56H. The Bertz CT molecular complexity index is 5540. The molecular formula is C86H56N4. The van der Waals surface area contributed by atoms with Crippen molar-refractivity contribution in [2.24, 2.45) is 0 Å². The SMILES string of the molecule is c1ccc(-c2ccc(N(c3ccc(-c4ccccc4)cc3)c3ccc4cc5c(cc4c3)c3cc4c(c6ccccc6n4-c4ccccc4)c4c6cc7cc(N(c8ccc(-c9ccccc9)cc8)c8ccc(-c9ccccc9)cc8)ccc7cc6n5c34)cc2)cc1. The zero-order valence-electron chi connectivity index (χ0n) is 49.1. The van der Waals surface area contributed by atoms with Gasteiger partial charge in [-0.05, 0) is 187 Å². The van der Waals surface area contributed by atoms with Gasteiger partial charge in [-0.1, -0.05) is 218 Å². The third-order valence-corrected chi connectivity index (χ3v) is 18.5. The van der Waals surface area contributed by atoms with Crippen LogP contribution in [0.2, 0.25) is 0 Å². The molecule has 15 aromatic carbocycles. The van der Waals surface area contributed by atoms with Gasteiger partial charge in [-0.3, -0.25) is 0 Å². The highest BCUT2D eigenvalue weighted by atomic mass is 15.1. The van der Waals surface area contributed by atoms with Crippen molar-refractivity contribution in [3.05, 3.63) is 340 Å². The first kappa shape index (κ1) is 51.3. The van der Waals surface area contributed by atoms with E-state index in [1.54, 1.807) is 0 Å². The van der Waals surface area contributed by atoms with E-state index in [-0.39, 0.29) is 0 Å². The predicted molar refractivity (Wildman–Crippen MR) is 382 cm³/mol. The molecule has 0 aliphatic heterocycles. The molecule has 0 unspecified atom stereocenters. The summed E-state index contributed by atoms with van der Waals surface area (Å²) >= 11 is 0. The molecule has 0 bridgehead atoms. The van der Waals surface area contributed by atoms with Crippen molar-refractivity contribution in [3.63, 3.8) is 0 Å². The number of anilines is 6. The summed E-state index contributed by atoms with van der Waals surface area (Å²) in [5.41, 5.74) is 23.2. The average molecular weight is 1150 g/mol. The Morgan fingerprint density at radius 2 is 0.556 bits per heavy atom. The molecule has 4 nitrogen and oxygen atoms in total. The molecule has 18 aromatic rings. The molecule has 18 rings (SSSR count). The monoisotopic (exact) mass is 1140 g/mol. The number of hydrogen-bond donors (Lipinski definition) is 0. The maximum Gasteiger partial charge on any atom is 0.0628 e. The molecule has 0 fully saturated rings. The van der Waals surface area contributed by atoms with Gasteiger partial charge < -0.3 is 18.8 Å². The first-order valence-electron chi connectivity index (χ1n) is 31.0. The second-order valence-electron chi connectivity index (χ2n) is 23.7. The van der Waals surface area contributed by atoms with E-state index < -0.39 is 0 Å². The minimum atomic E-state index is 1.09. The zero-order chi connectivity index (χ0) is 59.2. The Hall–Kier alpha value is -12.0. The van der Waals surface area contributed by atoms with Crippen LogP contribution in [0.1, 0.15) is 0 Å². The average Bonchev–Trinajstić information content (AvgIpc) is 1.58. The fourth-order valence-electron chi connectivity index (χ4n) is 14.3. The number of hydrogen-bond acceptors (Lipinski definition) is 2. The highest BCUT2D eigenvalue weighted by Crippen LogP contribution is 2.50. The summed E-state index contributed by atoms with van der Waals surface area (Å²) < 4.78 is 5.06. The number of nitrogens with zero attached hydrogens (tertiary/aromatic N) is 4. The summed E-state index contributed by atoms with van der Waals surface area (Å²) in [6.07, 6.45) is 0. The van der Waals surface area contributed by atoms with Crippen LogP contribution < -0.4 is 9.80 Å². The molecule has 90 heavy (non-hydrogen) atoms. The van der Waals surface area contributed by atoms with Crippen LogP contribution in [0.25, 0.3) is 132 Å². The largest absolute Gasteiger partial charge is 0.310 e. The second kappa shape index (κ2) is 20.9. The molecular weight excluding hydrogens is 1090 g/mol. The fourth-order valence-corrected chi connectivity index (χ4v) is 14.3. The topological polar surface area (TPSA) is 15.8 Å². The first-order chi connectivity index (χ1) is 44.6. The lowest BCUT2D eigenvalue weighted by Crippen LogP contribution is -2.09. The molecule has 0 saturated heterocycles. The van der Waals surface area contributed by atoms with Crippen LogP contribution in [-0.4, -0.2) is 8.97 Å². The smallest absolute Gasteiger partial charge is 0.0628 e. The highest BCUT2D eigenvalue weighted by molar-refractivity contribution is 6.37. The van der Waals surface area contributed by atoms with Crippen LogP contribution in [0.15, 0.2) is 340 Å². The molecule has 0 aliphatic carbocycles. The third-order valence-electron chi connectivity index (χ3n) is 18.5. The lowest BCUT2D eigenvalue weighted by molar-refractivity contribution is 1.18. The lowest BCUT2D eigenvalue weighted by Gasteiger charge is -2.26. The minimum Gasteiger partial charge on any atom is -0.310 e. The van der Waals surface area contributed by atoms with Crippen molar-refractivity contribution in [1.29, 1.82) is 0 Å². The van der Waals surface area contributed by atoms with Crippen LogP contribution in [0.4, 0.5) is 34.1 Å². The van der Waals surface area contributed by atoms with Crippen molar-refractivity contribution < 1.29 is 0 Å². The zero-order valence-corrected chi connectivity index (χ0v) is 49.1. The predicted octanol–water partition coefficient (Wildman–Crippen LogP) is 23.8. The summed E-state index contributed by atoms with van der Waals surface area (Å²) in [6, 6.07) is 125. The summed E-state index contributed by atoms with van der Waals surface area (Å²) in [6.45, 7) is 0. The van der Waals surface area contributed by atoms with E-state index in [9.17, 15) is 0 Å². The van der Waals surface area contributed by atoms with E-state index in [1.807, 2.05) is 0 Å². The van der Waals surface area contributed by atoms with Gasteiger partial charge in [-0.15, -0.1) is 0 Å². The van der Waals surface area contributed by atoms with Crippen LogP contribution >= 0.6 is 0 Å². The Labute approximate surface area is 521 Å². The number of para-hydroxylation sites is 2. The number of fused-ring (bicyclic) bond motifs is 12. The van der Waals surface area contributed by atoms with E-state index in [2.05, 4.69) is 358 Å².